The van der Waals surface area contributed by atoms with E-state index in [1.54, 1.807) is 13.0 Å². The van der Waals surface area contributed by atoms with Crippen LogP contribution in [-0.2, 0) is 30.3 Å². The first-order valence-electron chi connectivity index (χ1n) is 13.4. The number of aryl methyl sites for hydroxylation is 1. The first-order chi connectivity index (χ1) is 17.8. The van der Waals surface area contributed by atoms with Crippen molar-refractivity contribution in [2.24, 2.45) is 0 Å². The molecule has 0 bridgehead atoms. The van der Waals surface area contributed by atoms with Crippen LogP contribution in [0.3, 0.4) is 0 Å². The van der Waals surface area contributed by atoms with E-state index in [-0.39, 0.29) is 31.3 Å². The van der Waals surface area contributed by atoms with Gasteiger partial charge in [0.15, 0.2) is 5.78 Å². The summed E-state index contributed by atoms with van der Waals surface area (Å²) in [5, 5.41) is 8.20. The van der Waals surface area contributed by atoms with Gasteiger partial charge < -0.3 is 10.3 Å². The molecule has 0 spiro atoms. The van der Waals surface area contributed by atoms with E-state index in [4.69, 9.17) is 9.97 Å². The van der Waals surface area contributed by atoms with Crippen LogP contribution in [0.5, 0.6) is 0 Å². The zero-order valence-electron chi connectivity index (χ0n) is 22.9. The maximum Gasteiger partial charge on any atom is 0.151 e. The maximum absolute atomic E-state index is 10.8. The minimum Gasteiger partial charge on any atom is -0.685 e. The molecule has 1 saturated carbocycles. The van der Waals surface area contributed by atoms with Gasteiger partial charge in [0.05, 0.1) is 5.52 Å². The topological polar surface area (TPSA) is 57.0 Å². The molecule has 2 heterocycles. The first kappa shape index (κ1) is 28.1. The normalized spacial score (nSPS) is 16.2. The number of carbonyl (C=O) groups excluding carboxylic acids is 1. The fourth-order valence-corrected chi connectivity index (χ4v) is 6.00. The van der Waals surface area contributed by atoms with Gasteiger partial charge in [-0.15, -0.1) is 29.3 Å². The number of hydrogen-bond acceptors (Lipinski definition) is 3. The van der Waals surface area contributed by atoms with Gasteiger partial charge in [0.25, 0.3) is 0 Å². The van der Waals surface area contributed by atoms with Gasteiger partial charge >= 0.3 is 0 Å². The number of fused-ring (bicyclic) bond motifs is 4. The number of hydrogen-bond donors (Lipinski definition) is 0. The predicted molar refractivity (Wildman–Crippen MR) is 153 cm³/mol. The molecule has 38 heavy (non-hydrogen) atoms. The smallest absolute Gasteiger partial charge is 0.151 e. The fraction of sp³-hybridized carbons (Fsp3) is 0.364. The fourth-order valence-electron chi connectivity index (χ4n) is 6.00. The molecule has 4 aromatic rings. The SMILES string of the molecule is CC(=O)/C=C(/C)[N-]C1CCCCC1.Cc1cc2c3c(nccc3n1)-c1[c-]cc3ccccc3c1C2(C)C.[Ir]. The van der Waals surface area contributed by atoms with Crippen molar-refractivity contribution in [3.05, 3.63) is 88.6 Å². The number of ketones is 1. The standard InChI is InChI=1S/C22H17N2.C11H19NO.Ir/c1-13-12-17-19-18(24-13)10-11-23-21(19)16-9-8-14-6-4-5-7-15(14)20(16)22(17,2)3;1-9(8-10(2)13)12-11-6-4-3-5-7-11;/h4-8,10-12H,1-3H3;8,11H,3-7H2,1-2H3,(H,12,13);/q-1;;/p-1. The molecule has 1 fully saturated rings. The number of carbonyl (C=O) groups is 1. The average Bonchev–Trinajstić information content (AvgIpc) is 2.87. The average molecular weight is 682 g/mol. The van der Waals surface area contributed by atoms with E-state index < -0.39 is 0 Å². The summed E-state index contributed by atoms with van der Waals surface area (Å²) in [5.41, 5.74) is 7.60. The monoisotopic (exact) mass is 682 g/mol. The molecule has 6 rings (SSSR count). The number of nitrogens with zero attached hydrogens (tertiary/aromatic N) is 3. The largest absolute Gasteiger partial charge is 0.685 e. The Kier molecular flexibility index (Phi) is 8.49. The molecule has 0 aliphatic heterocycles. The van der Waals surface area contributed by atoms with Crippen LogP contribution in [0.25, 0.3) is 38.2 Å². The molecular formula is C33H35IrN3O-2. The van der Waals surface area contributed by atoms with Gasteiger partial charge in [0, 0.05) is 32.0 Å². The Morgan fingerprint density at radius 2 is 1.84 bits per heavy atom. The van der Waals surface area contributed by atoms with Crippen LogP contribution in [-0.4, -0.2) is 21.8 Å². The minimum atomic E-state index is -0.116. The van der Waals surface area contributed by atoms with Crippen LogP contribution in [0, 0.1) is 13.0 Å². The quantitative estimate of drug-likeness (QED) is 0.161. The third kappa shape index (κ3) is 5.46. The summed E-state index contributed by atoms with van der Waals surface area (Å²) in [6.45, 7) is 10.2. The second kappa shape index (κ2) is 11.5. The van der Waals surface area contributed by atoms with Crippen molar-refractivity contribution in [3.8, 4) is 11.3 Å². The van der Waals surface area contributed by atoms with E-state index in [0.717, 1.165) is 28.2 Å². The summed E-state index contributed by atoms with van der Waals surface area (Å²) < 4.78 is 0. The summed E-state index contributed by atoms with van der Waals surface area (Å²) >= 11 is 0. The molecule has 0 atom stereocenters. The van der Waals surface area contributed by atoms with Crippen LogP contribution < -0.4 is 0 Å². The van der Waals surface area contributed by atoms with E-state index in [1.807, 2.05) is 19.2 Å². The van der Waals surface area contributed by atoms with E-state index >= 15 is 0 Å². The van der Waals surface area contributed by atoms with Crippen LogP contribution in [0.4, 0.5) is 0 Å². The summed E-state index contributed by atoms with van der Waals surface area (Å²) in [7, 11) is 0. The first-order valence-corrected chi connectivity index (χ1v) is 13.4. The Balaban J connectivity index is 0.000000207. The molecular weight excluding hydrogens is 647 g/mol. The van der Waals surface area contributed by atoms with Gasteiger partial charge in [-0.1, -0.05) is 87.9 Å². The molecule has 4 nitrogen and oxygen atoms in total. The van der Waals surface area contributed by atoms with Crippen molar-refractivity contribution in [2.45, 2.75) is 78.2 Å². The third-order valence-corrected chi connectivity index (χ3v) is 7.61. The van der Waals surface area contributed by atoms with Crippen molar-refractivity contribution >= 4 is 27.5 Å². The van der Waals surface area contributed by atoms with Gasteiger partial charge in [0.2, 0.25) is 0 Å². The second-order valence-electron chi connectivity index (χ2n) is 10.9. The number of rotatable bonds is 3. The van der Waals surface area contributed by atoms with Crippen molar-refractivity contribution in [2.75, 3.05) is 0 Å². The van der Waals surface area contributed by atoms with Crippen LogP contribution >= 0.6 is 0 Å². The molecule has 199 valence electrons. The van der Waals surface area contributed by atoms with Gasteiger partial charge in [-0.3, -0.25) is 9.78 Å². The molecule has 1 radical (unpaired) electrons. The number of benzene rings is 2. The van der Waals surface area contributed by atoms with Crippen molar-refractivity contribution in [3.63, 3.8) is 0 Å². The van der Waals surface area contributed by atoms with E-state index in [1.165, 1.54) is 59.4 Å². The summed E-state index contributed by atoms with van der Waals surface area (Å²) in [6.07, 6.45) is 9.81. The second-order valence-corrected chi connectivity index (χ2v) is 10.9. The van der Waals surface area contributed by atoms with Crippen molar-refractivity contribution in [1.82, 2.24) is 9.97 Å². The molecule has 0 amide bonds. The molecule has 2 aromatic heterocycles. The van der Waals surface area contributed by atoms with E-state index in [9.17, 15) is 4.79 Å². The summed E-state index contributed by atoms with van der Waals surface area (Å²) in [4.78, 5) is 20.2. The maximum atomic E-state index is 10.8. The van der Waals surface area contributed by atoms with E-state index in [0.29, 0.717) is 6.04 Å². The Labute approximate surface area is 239 Å². The van der Waals surface area contributed by atoms with E-state index in [2.05, 4.69) is 68.6 Å². The molecule has 0 N–H and O–H groups in total. The minimum absolute atomic E-state index is 0. The molecule has 2 aliphatic rings. The Bertz CT molecular complexity index is 1520. The van der Waals surface area contributed by atoms with Gasteiger partial charge in [-0.2, -0.15) is 5.70 Å². The molecule has 2 aliphatic carbocycles. The third-order valence-electron chi connectivity index (χ3n) is 7.61. The molecule has 5 heteroatoms. The Morgan fingerprint density at radius 1 is 1.11 bits per heavy atom. The zero-order chi connectivity index (χ0) is 26.2. The summed E-state index contributed by atoms with van der Waals surface area (Å²) in [5.74, 6) is 0.0945. The van der Waals surface area contributed by atoms with Gasteiger partial charge in [-0.25, -0.2) is 0 Å². The number of aromatic nitrogens is 2. The van der Waals surface area contributed by atoms with Crippen molar-refractivity contribution in [1.29, 1.82) is 0 Å². The van der Waals surface area contributed by atoms with Gasteiger partial charge in [-0.05, 0) is 54.1 Å². The van der Waals surface area contributed by atoms with Crippen LogP contribution in [0.15, 0.2) is 60.4 Å². The zero-order valence-corrected chi connectivity index (χ0v) is 25.3. The van der Waals surface area contributed by atoms with Crippen LogP contribution in [0.2, 0.25) is 0 Å². The molecule has 0 unspecified atom stereocenters. The van der Waals surface area contributed by atoms with Crippen molar-refractivity contribution < 1.29 is 24.9 Å². The Hall–Kier alpha value is -2.88. The molecule has 0 saturated heterocycles. The predicted octanol–water partition coefficient (Wildman–Crippen LogP) is 8.38. The number of pyridine rings is 2. The Morgan fingerprint density at radius 3 is 2.58 bits per heavy atom. The number of allylic oxidation sites excluding steroid dienone is 2. The molecule has 2 aromatic carbocycles. The van der Waals surface area contributed by atoms with Crippen LogP contribution in [0.1, 0.15) is 76.6 Å². The summed E-state index contributed by atoms with van der Waals surface area (Å²) in [6, 6.07) is 18.9. The van der Waals surface area contributed by atoms with Gasteiger partial charge in [0.1, 0.15) is 0 Å².